The minimum Gasteiger partial charge on any atom is -0.396 e. The molecule has 68 valence electrons. The second-order valence-electron chi connectivity index (χ2n) is 3.52. The predicted octanol–water partition coefficient (Wildman–Crippen LogP) is 1.50. The first kappa shape index (κ1) is 8.45. The van der Waals surface area contributed by atoms with Gasteiger partial charge in [-0.3, -0.25) is 4.79 Å². The Bertz CT molecular complexity index is 305. The number of carbonyl (C=O) groups excluding carboxylic acids is 1. The van der Waals surface area contributed by atoms with Gasteiger partial charge in [0.2, 0.25) is 0 Å². The Morgan fingerprint density at radius 1 is 1.38 bits per heavy atom. The van der Waals surface area contributed by atoms with Crippen LogP contribution in [-0.4, -0.2) is 17.5 Å². The highest BCUT2D eigenvalue weighted by Crippen LogP contribution is 2.40. The fraction of sp³-hybridized carbons (Fsp3) is 0.364. The number of benzene rings is 1. The second kappa shape index (κ2) is 3.30. The van der Waals surface area contributed by atoms with E-state index in [4.69, 9.17) is 5.11 Å². The highest BCUT2D eigenvalue weighted by atomic mass is 16.3. The molecule has 0 unspecified atom stereocenters. The van der Waals surface area contributed by atoms with Crippen molar-refractivity contribution in [1.82, 2.24) is 0 Å². The second-order valence-corrected chi connectivity index (χ2v) is 3.52. The molecule has 0 amide bonds. The Balaban J connectivity index is 2.07. The van der Waals surface area contributed by atoms with E-state index in [-0.39, 0.29) is 24.2 Å². The van der Waals surface area contributed by atoms with Gasteiger partial charge in [0.15, 0.2) is 5.78 Å². The van der Waals surface area contributed by atoms with E-state index in [2.05, 4.69) is 0 Å². The van der Waals surface area contributed by atoms with Crippen LogP contribution in [0.15, 0.2) is 30.3 Å². The van der Waals surface area contributed by atoms with Crippen molar-refractivity contribution in [2.75, 3.05) is 6.61 Å². The third-order valence-electron chi connectivity index (χ3n) is 2.55. The van der Waals surface area contributed by atoms with Crippen LogP contribution in [0.2, 0.25) is 0 Å². The first-order valence-corrected chi connectivity index (χ1v) is 4.53. The molecule has 13 heavy (non-hydrogen) atoms. The number of aliphatic hydroxyl groups excluding tert-OH is 1. The lowest BCUT2D eigenvalue weighted by molar-refractivity contribution is 0.0954. The third-order valence-corrected chi connectivity index (χ3v) is 2.55. The largest absolute Gasteiger partial charge is 0.396 e. The topological polar surface area (TPSA) is 37.3 Å². The number of rotatable bonds is 3. The quantitative estimate of drug-likeness (QED) is 0.708. The highest BCUT2D eigenvalue weighted by Gasteiger charge is 2.42. The average molecular weight is 176 g/mol. The van der Waals surface area contributed by atoms with Gasteiger partial charge in [0.1, 0.15) is 0 Å². The molecule has 1 aromatic carbocycles. The maximum Gasteiger partial charge on any atom is 0.166 e. The van der Waals surface area contributed by atoms with Crippen LogP contribution >= 0.6 is 0 Å². The summed E-state index contributed by atoms with van der Waals surface area (Å²) in [6.45, 7) is 0.142. The summed E-state index contributed by atoms with van der Waals surface area (Å²) in [4.78, 5) is 11.7. The van der Waals surface area contributed by atoms with Crippen molar-refractivity contribution in [2.24, 2.45) is 11.8 Å². The van der Waals surface area contributed by atoms with E-state index in [0.29, 0.717) is 0 Å². The minimum atomic E-state index is 0.0763. The first-order chi connectivity index (χ1) is 6.33. The van der Waals surface area contributed by atoms with E-state index in [1.807, 2.05) is 30.3 Å². The van der Waals surface area contributed by atoms with Gasteiger partial charge < -0.3 is 5.11 Å². The molecule has 0 heterocycles. The van der Waals surface area contributed by atoms with E-state index < -0.39 is 0 Å². The Morgan fingerprint density at radius 2 is 2.08 bits per heavy atom. The van der Waals surface area contributed by atoms with E-state index in [1.54, 1.807) is 0 Å². The van der Waals surface area contributed by atoms with Crippen molar-refractivity contribution in [3.63, 3.8) is 0 Å². The SMILES string of the molecule is O=C(c1ccccc1)[C@H]1C[C@H]1CO. The Labute approximate surface area is 77.2 Å². The zero-order chi connectivity index (χ0) is 9.26. The van der Waals surface area contributed by atoms with E-state index >= 15 is 0 Å². The smallest absolute Gasteiger partial charge is 0.166 e. The lowest BCUT2D eigenvalue weighted by Gasteiger charge is -1.97. The van der Waals surface area contributed by atoms with E-state index in [0.717, 1.165) is 12.0 Å². The molecule has 2 rings (SSSR count). The molecule has 2 heteroatoms. The Morgan fingerprint density at radius 3 is 2.62 bits per heavy atom. The van der Waals surface area contributed by atoms with Crippen LogP contribution in [0.4, 0.5) is 0 Å². The van der Waals surface area contributed by atoms with Gasteiger partial charge in [0.25, 0.3) is 0 Å². The number of hydrogen-bond acceptors (Lipinski definition) is 2. The third kappa shape index (κ3) is 1.63. The monoisotopic (exact) mass is 176 g/mol. The van der Waals surface area contributed by atoms with Gasteiger partial charge in [-0.2, -0.15) is 0 Å². The molecule has 1 aromatic rings. The molecule has 1 saturated carbocycles. The fourth-order valence-electron chi connectivity index (χ4n) is 1.59. The molecule has 0 aromatic heterocycles. The van der Waals surface area contributed by atoms with E-state index in [1.165, 1.54) is 0 Å². The summed E-state index contributed by atoms with van der Waals surface area (Å²) in [5.74, 6) is 0.472. The lowest BCUT2D eigenvalue weighted by Crippen LogP contribution is -2.04. The van der Waals surface area contributed by atoms with Crippen LogP contribution in [0.3, 0.4) is 0 Å². The maximum absolute atomic E-state index is 11.7. The summed E-state index contributed by atoms with van der Waals surface area (Å²) in [5, 5.41) is 8.82. The molecule has 1 aliphatic rings. The van der Waals surface area contributed by atoms with Crippen LogP contribution in [-0.2, 0) is 0 Å². The van der Waals surface area contributed by atoms with Crippen molar-refractivity contribution in [2.45, 2.75) is 6.42 Å². The summed E-state index contributed by atoms with van der Waals surface area (Å²) in [6.07, 6.45) is 0.851. The Hall–Kier alpha value is -1.15. The van der Waals surface area contributed by atoms with Crippen LogP contribution in [0.1, 0.15) is 16.8 Å². The van der Waals surface area contributed by atoms with Crippen LogP contribution < -0.4 is 0 Å². The molecule has 1 fully saturated rings. The van der Waals surface area contributed by atoms with Crippen LogP contribution in [0.5, 0.6) is 0 Å². The van der Waals surface area contributed by atoms with Gasteiger partial charge in [-0.15, -0.1) is 0 Å². The van der Waals surface area contributed by atoms with Crippen molar-refractivity contribution >= 4 is 5.78 Å². The first-order valence-electron chi connectivity index (χ1n) is 4.53. The standard InChI is InChI=1S/C11H12O2/c12-7-9-6-10(9)11(13)8-4-2-1-3-5-8/h1-5,9-10,12H,6-7H2/t9-,10-/m0/s1. The molecule has 2 atom stereocenters. The summed E-state index contributed by atoms with van der Waals surface area (Å²) >= 11 is 0. The van der Waals surface area contributed by atoms with Crippen molar-refractivity contribution in [3.05, 3.63) is 35.9 Å². The highest BCUT2D eigenvalue weighted by molar-refractivity contribution is 5.99. The van der Waals surface area contributed by atoms with Crippen molar-refractivity contribution in [3.8, 4) is 0 Å². The van der Waals surface area contributed by atoms with Gasteiger partial charge in [-0.25, -0.2) is 0 Å². The molecule has 0 bridgehead atoms. The van der Waals surface area contributed by atoms with Gasteiger partial charge in [0.05, 0.1) is 0 Å². The number of hydrogen-bond donors (Lipinski definition) is 1. The molecule has 0 spiro atoms. The van der Waals surface area contributed by atoms with Gasteiger partial charge >= 0.3 is 0 Å². The Kier molecular flexibility index (Phi) is 2.15. The minimum absolute atomic E-state index is 0.0763. The molecular weight excluding hydrogens is 164 g/mol. The summed E-state index contributed by atoms with van der Waals surface area (Å²) in [5.41, 5.74) is 0.767. The predicted molar refractivity (Wildman–Crippen MR) is 49.5 cm³/mol. The molecular formula is C11H12O2. The normalized spacial score (nSPS) is 25.6. The number of Topliss-reactive ketones (excluding diaryl/α,β-unsaturated/α-hetero) is 1. The summed E-state index contributed by atoms with van der Waals surface area (Å²) in [7, 11) is 0. The number of aliphatic hydroxyl groups is 1. The van der Waals surface area contributed by atoms with Gasteiger partial charge in [0, 0.05) is 18.1 Å². The lowest BCUT2D eigenvalue weighted by atomic mass is 10.1. The molecule has 1 aliphatic carbocycles. The van der Waals surface area contributed by atoms with Crippen molar-refractivity contribution in [1.29, 1.82) is 0 Å². The molecule has 2 nitrogen and oxygen atoms in total. The fourth-order valence-corrected chi connectivity index (χ4v) is 1.59. The number of ketones is 1. The summed E-state index contributed by atoms with van der Waals surface area (Å²) < 4.78 is 0. The van der Waals surface area contributed by atoms with Gasteiger partial charge in [-0.1, -0.05) is 30.3 Å². The molecule has 1 N–H and O–H groups in total. The summed E-state index contributed by atoms with van der Waals surface area (Å²) in [6, 6.07) is 9.28. The van der Waals surface area contributed by atoms with Crippen LogP contribution in [0.25, 0.3) is 0 Å². The van der Waals surface area contributed by atoms with Crippen LogP contribution in [0, 0.1) is 11.8 Å². The average Bonchev–Trinajstić information content (AvgIpc) is 2.97. The number of carbonyl (C=O) groups is 1. The molecule has 0 radical (unpaired) electrons. The molecule has 0 saturated heterocycles. The zero-order valence-corrected chi connectivity index (χ0v) is 7.31. The van der Waals surface area contributed by atoms with Gasteiger partial charge in [-0.05, 0) is 12.3 Å². The maximum atomic E-state index is 11.7. The van der Waals surface area contributed by atoms with E-state index in [9.17, 15) is 4.79 Å². The zero-order valence-electron chi connectivity index (χ0n) is 7.31. The molecule has 0 aliphatic heterocycles. The van der Waals surface area contributed by atoms with Crippen molar-refractivity contribution < 1.29 is 9.90 Å².